The van der Waals surface area contributed by atoms with Crippen molar-refractivity contribution in [2.24, 2.45) is 0 Å². The molecule has 0 aliphatic carbocycles. The molecule has 2 aromatic carbocycles. The number of ether oxygens (including phenoxy) is 2. The summed E-state index contributed by atoms with van der Waals surface area (Å²) in [5.41, 5.74) is 2.78. The Morgan fingerprint density at radius 1 is 0.914 bits per heavy atom. The maximum Gasteiger partial charge on any atom is 0.243 e. The molecule has 2 amide bonds. The second-order valence-corrected chi connectivity index (χ2v) is 9.82. The minimum Gasteiger partial charge on any atom is -0.490 e. The Kier molecular flexibility index (Phi) is 10.6. The lowest BCUT2D eigenvalue weighted by Crippen LogP contribution is -2.53. The first kappa shape index (κ1) is 28.2. The van der Waals surface area contributed by atoms with Gasteiger partial charge in [-0.05, 0) is 77.6 Å². The first-order chi connectivity index (χ1) is 16.6. The van der Waals surface area contributed by atoms with Crippen LogP contribution in [-0.2, 0) is 22.6 Å². The van der Waals surface area contributed by atoms with Crippen LogP contribution in [0.1, 0.15) is 71.1 Å². The third kappa shape index (κ3) is 8.93. The molecule has 1 unspecified atom stereocenters. The zero-order valence-corrected chi connectivity index (χ0v) is 22.4. The fourth-order valence-corrected chi connectivity index (χ4v) is 3.91. The molecule has 0 aliphatic heterocycles. The standard InChI is InChI=1S/C29H42N2O4/c1-8-24(28(33)30-29(5,6)7)31(20-23-13-11-21(4)12-14-23)27(32)18-16-22-15-17-25(34-9-2)26(19-22)35-10-3/h11-15,17,19,24H,8-10,16,18,20H2,1-7H3,(H,30,33). The van der Waals surface area contributed by atoms with Crippen molar-refractivity contribution in [2.75, 3.05) is 13.2 Å². The second kappa shape index (κ2) is 13.2. The Bertz CT molecular complexity index is 964. The third-order valence-electron chi connectivity index (χ3n) is 5.59. The lowest BCUT2D eigenvalue weighted by atomic mass is 10.0. The van der Waals surface area contributed by atoms with Crippen molar-refractivity contribution in [3.63, 3.8) is 0 Å². The van der Waals surface area contributed by atoms with E-state index in [2.05, 4.69) is 5.32 Å². The topological polar surface area (TPSA) is 67.9 Å². The van der Waals surface area contributed by atoms with Gasteiger partial charge in [0.1, 0.15) is 6.04 Å². The highest BCUT2D eigenvalue weighted by molar-refractivity contribution is 5.88. The molecule has 2 aromatic rings. The van der Waals surface area contributed by atoms with Gasteiger partial charge in [0.25, 0.3) is 0 Å². The number of nitrogens with zero attached hydrogens (tertiary/aromatic N) is 1. The number of nitrogens with one attached hydrogen (secondary N) is 1. The molecule has 192 valence electrons. The summed E-state index contributed by atoms with van der Waals surface area (Å²) in [6, 6.07) is 13.4. The molecule has 35 heavy (non-hydrogen) atoms. The molecule has 6 heteroatoms. The summed E-state index contributed by atoms with van der Waals surface area (Å²) in [6.45, 7) is 15.2. The van der Waals surface area contributed by atoms with Crippen molar-refractivity contribution in [3.05, 3.63) is 59.2 Å². The Morgan fingerprint density at radius 2 is 1.51 bits per heavy atom. The molecule has 0 bridgehead atoms. The molecule has 2 rings (SSSR count). The van der Waals surface area contributed by atoms with Crippen LogP contribution in [0.15, 0.2) is 42.5 Å². The number of benzene rings is 2. The van der Waals surface area contributed by atoms with E-state index in [9.17, 15) is 9.59 Å². The van der Waals surface area contributed by atoms with Gasteiger partial charge in [-0.3, -0.25) is 9.59 Å². The lowest BCUT2D eigenvalue weighted by Gasteiger charge is -2.33. The van der Waals surface area contributed by atoms with Gasteiger partial charge in [0.05, 0.1) is 13.2 Å². The highest BCUT2D eigenvalue weighted by Crippen LogP contribution is 2.29. The van der Waals surface area contributed by atoms with E-state index in [1.165, 1.54) is 0 Å². The zero-order valence-electron chi connectivity index (χ0n) is 22.4. The van der Waals surface area contributed by atoms with Crippen LogP contribution in [0.4, 0.5) is 0 Å². The molecule has 0 aromatic heterocycles. The Balaban J connectivity index is 2.24. The number of carbonyl (C=O) groups is 2. The quantitative estimate of drug-likeness (QED) is 0.437. The number of aryl methyl sites for hydroxylation is 2. The Labute approximate surface area is 211 Å². The van der Waals surface area contributed by atoms with Crippen LogP contribution >= 0.6 is 0 Å². The first-order valence-electron chi connectivity index (χ1n) is 12.6. The van der Waals surface area contributed by atoms with Crippen molar-refractivity contribution in [2.45, 2.75) is 85.9 Å². The molecular weight excluding hydrogens is 440 g/mol. The van der Waals surface area contributed by atoms with Crippen LogP contribution < -0.4 is 14.8 Å². The van der Waals surface area contributed by atoms with Gasteiger partial charge in [-0.2, -0.15) is 0 Å². The maximum atomic E-state index is 13.5. The van der Waals surface area contributed by atoms with Crippen molar-refractivity contribution in [1.82, 2.24) is 10.2 Å². The van der Waals surface area contributed by atoms with Gasteiger partial charge in [-0.1, -0.05) is 42.8 Å². The van der Waals surface area contributed by atoms with E-state index in [1.54, 1.807) is 4.90 Å². The van der Waals surface area contributed by atoms with Gasteiger partial charge in [-0.25, -0.2) is 0 Å². The minimum absolute atomic E-state index is 0.0478. The average Bonchev–Trinajstić information content (AvgIpc) is 2.79. The smallest absolute Gasteiger partial charge is 0.243 e. The Hall–Kier alpha value is -3.02. The van der Waals surface area contributed by atoms with Crippen molar-refractivity contribution in [3.8, 4) is 11.5 Å². The van der Waals surface area contributed by atoms with E-state index in [1.807, 2.05) is 90.9 Å². The number of hydrogen-bond acceptors (Lipinski definition) is 4. The SMILES string of the molecule is CCOc1ccc(CCC(=O)N(Cc2ccc(C)cc2)C(CC)C(=O)NC(C)(C)C)cc1OCC. The number of rotatable bonds is 12. The number of amides is 2. The van der Waals surface area contributed by atoms with E-state index in [-0.39, 0.29) is 17.4 Å². The molecule has 0 fully saturated rings. The van der Waals surface area contributed by atoms with E-state index in [0.717, 1.165) is 16.7 Å². The molecule has 0 spiro atoms. The van der Waals surface area contributed by atoms with Gasteiger partial charge in [0.15, 0.2) is 11.5 Å². The van der Waals surface area contributed by atoms with Crippen LogP contribution in [0.5, 0.6) is 11.5 Å². The highest BCUT2D eigenvalue weighted by atomic mass is 16.5. The third-order valence-corrected chi connectivity index (χ3v) is 5.59. The van der Waals surface area contributed by atoms with Crippen LogP contribution in [0.2, 0.25) is 0 Å². The highest BCUT2D eigenvalue weighted by Gasteiger charge is 2.30. The van der Waals surface area contributed by atoms with Crippen LogP contribution in [0.25, 0.3) is 0 Å². The van der Waals surface area contributed by atoms with Gasteiger partial charge in [0.2, 0.25) is 11.8 Å². The Morgan fingerprint density at radius 3 is 2.09 bits per heavy atom. The predicted octanol–water partition coefficient (Wildman–Crippen LogP) is 5.45. The molecule has 0 saturated carbocycles. The second-order valence-electron chi connectivity index (χ2n) is 9.82. The fourth-order valence-electron chi connectivity index (χ4n) is 3.91. The van der Waals surface area contributed by atoms with E-state index in [0.29, 0.717) is 50.5 Å². The summed E-state index contributed by atoms with van der Waals surface area (Å²) in [5.74, 6) is 1.22. The summed E-state index contributed by atoms with van der Waals surface area (Å²) in [4.78, 5) is 28.4. The molecule has 0 heterocycles. The zero-order chi connectivity index (χ0) is 26.0. The summed E-state index contributed by atoms with van der Waals surface area (Å²) in [5, 5.41) is 3.05. The monoisotopic (exact) mass is 482 g/mol. The predicted molar refractivity (Wildman–Crippen MR) is 141 cm³/mol. The van der Waals surface area contributed by atoms with Crippen LogP contribution in [0.3, 0.4) is 0 Å². The minimum atomic E-state index is -0.539. The summed E-state index contributed by atoms with van der Waals surface area (Å²) < 4.78 is 11.4. The van der Waals surface area contributed by atoms with Crippen LogP contribution in [-0.4, -0.2) is 41.5 Å². The summed E-state index contributed by atoms with van der Waals surface area (Å²) >= 11 is 0. The van der Waals surface area contributed by atoms with Crippen LogP contribution in [0, 0.1) is 6.92 Å². The average molecular weight is 483 g/mol. The molecule has 0 saturated heterocycles. The molecular formula is C29H42N2O4. The summed E-state index contributed by atoms with van der Waals surface area (Å²) in [7, 11) is 0. The molecule has 6 nitrogen and oxygen atoms in total. The maximum absolute atomic E-state index is 13.5. The normalized spacial score (nSPS) is 12.1. The van der Waals surface area contributed by atoms with E-state index in [4.69, 9.17) is 9.47 Å². The van der Waals surface area contributed by atoms with Gasteiger partial charge >= 0.3 is 0 Å². The summed E-state index contributed by atoms with van der Waals surface area (Å²) in [6.07, 6.45) is 1.38. The van der Waals surface area contributed by atoms with Crippen molar-refractivity contribution in [1.29, 1.82) is 0 Å². The lowest BCUT2D eigenvalue weighted by molar-refractivity contribution is -0.142. The van der Waals surface area contributed by atoms with Crippen molar-refractivity contribution >= 4 is 11.8 Å². The molecule has 0 aliphatic rings. The fraction of sp³-hybridized carbons (Fsp3) is 0.517. The van der Waals surface area contributed by atoms with Gasteiger partial charge < -0.3 is 19.7 Å². The molecule has 1 N–H and O–H groups in total. The van der Waals surface area contributed by atoms with Crippen molar-refractivity contribution < 1.29 is 19.1 Å². The number of carbonyl (C=O) groups excluding carboxylic acids is 2. The van der Waals surface area contributed by atoms with E-state index < -0.39 is 6.04 Å². The molecule has 1 atom stereocenters. The molecule has 0 radical (unpaired) electrons. The van der Waals surface area contributed by atoms with Gasteiger partial charge in [0, 0.05) is 18.5 Å². The first-order valence-corrected chi connectivity index (χ1v) is 12.6. The van der Waals surface area contributed by atoms with E-state index >= 15 is 0 Å². The largest absolute Gasteiger partial charge is 0.490 e. The van der Waals surface area contributed by atoms with Gasteiger partial charge in [-0.15, -0.1) is 0 Å². The number of hydrogen-bond donors (Lipinski definition) is 1.